The number of aryl methyl sites for hydroxylation is 2. The van der Waals surface area contributed by atoms with Gasteiger partial charge in [0.2, 0.25) is 0 Å². The lowest BCUT2D eigenvalue weighted by molar-refractivity contribution is -0.0603. The first-order valence-electron chi connectivity index (χ1n) is 12.3. The van der Waals surface area contributed by atoms with Crippen molar-refractivity contribution in [3.63, 3.8) is 0 Å². The van der Waals surface area contributed by atoms with Gasteiger partial charge in [0.15, 0.2) is 5.82 Å². The fraction of sp³-hybridized carbons (Fsp3) is 0.346. The summed E-state index contributed by atoms with van der Waals surface area (Å²) >= 11 is 6.29. The minimum absolute atomic E-state index is 0.0328. The largest absolute Gasteiger partial charge is 0.453 e. The summed E-state index contributed by atoms with van der Waals surface area (Å²) in [5.74, 6) is 2.15. The van der Waals surface area contributed by atoms with Crippen LogP contribution in [0.2, 0.25) is 5.02 Å². The van der Waals surface area contributed by atoms with E-state index in [1.165, 1.54) is 18.3 Å². The van der Waals surface area contributed by atoms with Crippen LogP contribution in [-0.4, -0.2) is 44.1 Å². The summed E-state index contributed by atoms with van der Waals surface area (Å²) in [4.78, 5) is 34.4. The second kappa shape index (κ2) is 12.5. The molecular weight excluding hydrogens is 563 g/mol. The van der Waals surface area contributed by atoms with Crippen LogP contribution in [-0.2, 0) is 13.0 Å². The van der Waals surface area contributed by atoms with E-state index in [1.807, 2.05) is 33.8 Å². The number of nitrogens with zero attached hydrogens (tertiary/aromatic N) is 6. The third kappa shape index (κ3) is 7.87. The molecule has 3 aromatic rings. The monoisotopic (exact) mass is 591 g/mol. The first-order valence-corrected chi connectivity index (χ1v) is 12.7. The highest BCUT2D eigenvalue weighted by molar-refractivity contribution is 6.32. The number of nitrogens with one attached hydrogen (secondary N) is 2. The van der Waals surface area contributed by atoms with Gasteiger partial charge in [-0.1, -0.05) is 29.8 Å². The van der Waals surface area contributed by atoms with E-state index in [0.717, 1.165) is 10.2 Å². The zero-order valence-corrected chi connectivity index (χ0v) is 23.7. The molecule has 0 saturated carbocycles. The number of aliphatic imine (C=N–C) groups is 1. The first-order chi connectivity index (χ1) is 19.1. The van der Waals surface area contributed by atoms with Crippen molar-refractivity contribution in [3.05, 3.63) is 69.6 Å². The van der Waals surface area contributed by atoms with Gasteiger partial charge in [0.05, 0.1) is 28.5 Å². The van der Waals surface area contributed by atoms with Crippen LogP contribution in [0.3, 0.4) is 0 Å². The SMILES string of the molecule is CCc1cc(C)c(NC(=O)c2cc(CN=C(N=NN)C(F)(F)F)nn2-c2ncccc2Cl)c(C(=O)NC(C)(C)C)c1. The summed E-state index contributed by atoms with van der Waals surface area (Å²) in [7, 11) is 0. The molecule has 0 atom stereocenters. The van der Waals surface area contributed by atoms with Gasteiger partial charge in [-0.2, -0.15) is 18.3 Å². The Balaban J connectivity index is 2.10. The maximum absolute atomic E-state index is 13.7. The molecule has 2 amide bonds. The number of amidine groups is 1. The molecule has 0 fully saturated rings. The van der Waals surface area contributed by atoms with Crippen LogP contribution >= 0.6 is 11.6 Å². The van der Waals surface area contributed by atoms with E-state index in [4.69, 9.17) is 17.4 Å². The molecular formula is C26H29ClF3N9O2. The number of amides is 2. The number of halogens is 4. The highest BCUT2D eigenvalue weighted by atomic mass is 35.5. The van der Waals surface area contributed by atoms with Crippen molar-refractivity contribution in [2.75, 3.05) is 5.32 Å². The number of pyridine rings is 1. The Bertz CT molecular complexity index is 1510. The smallest absolute Gasteiger partial charge is 0.347 e. The topological polar surface area (TPSA) is 152 Å². The average Bonchev–Trinajstić information content (AvgIpc) is 3.30. The third-order valence-corrected chi connectivity index (χ3v) is 5.80. The first kappa shape index (κ1) is 31.2. The number of benzene rings is 1. The number of alkyl halides is 3. The minimum atomic E-state index is -4.91. The maximum Gasteiger partial charge on any atom is 0.453 e. The predicted molar refractivity (Wildman–Crippen MR) is 148 cm³/mol. The molecule has 0 aliphatic rings. The Morgan fingerprint density at radius 2 is 1.85 bits per heavy atom. The Morgan fingerprint density at radius 3 is 2.44 bits per heavy atom. The summed E-state index contributed by atoms with van der Waals surface area (Å²) in [5.41, 5.74) is 1.33. The molecule has 0 aliphatic heterocycles. The van der Waals surface area contributed by atoms with E-state index in [0.29, 0.717) is 12.0 Å². The molecule has 218 valence electrons. The van der Waals surface area contributed by atoms with Crippen LogP contribution in [0.25, 0.3) is 5.82 Å². The van der Waals surface area contributed by atoms with Crippen LogP contribution in [0.5, 0.6) is 0 Å². The van der Waals surface area contributed by atoms with Crippen molar-refractivity contribution in [1.82, 2.24) is 20.1 Å². The van der Waals surface area contributed by atoms with Crippen LogP contribution in [0, 0.1) is 6.92 Å². The van der Waals surface area contributed by atoms with Gasteiger partial charge >= 0.3 is 6.18 Å². The lowest BCUT2D eigenvalue weighted by Gasteiger charge is -2.23. The number of carbonyl (C=O) groups excluding carboxylic acids is 2. The standard InChI is InChI=1S/C26H29ClF3N9O2/c1-6-15-10-14(2)20(17(11-15)22(40)35-25(3,4)5)34-23(41)19-12-16(13-33-24(36-38-31)26(28,29)30)37-39(19)21-18(27)8-7-9-32-21/h7-12H,6,13H2,1-5H3,(H,34,41)(H,35,40)(H2,31,33,36). The Kier molecular flexibility index (Phi) is 9.48. The van der Waals surface area contributed by atoms with Crippen LogP contribution in [0.1, 0.15) is 65.4 Å². The van der Waals surface area contributed by atoms with Gasteiger partial charge in [0, 0.05) is 11.7 Å². The number of hydrogen-bond acceptors (Lipinski definition) is 6. The number of anilines is 1. The summed E-state index contributed by atoms with van der Waals surface area (Å²) in [6.07, 6.45) is -2.85. The van der Waals surface area contributed by atoms with E-state index in [2.05, 4.69) is 36.0 Å². The molecule has 11 nitrogen and oxygen atoms in total. The van der Waals surface area contributed by atoms with Gasteiger partial charge in [-0.3, -0.25) is 14.6 Å². The quantitative estimate of drug-likeness (QED) is 0.111. The Hall–Kier alpha value is -4.33. The van der Waals surface area contributed by atoms with Gasteiger partial charge < -0.3 is 16.5 Å². The second-order valence-corrected chi connectivity index (χ2v) is 10.3. The Morgan fingerprint density at radius 1 is 1.15 bits per heavy atom. The number of carbonyl (C=O) groups is 2. The molecule has 1 aromatic carbocycles. The second-order valence-electron chi connectivity index (χ2n) is 9.94. The summed E-state index contributed by atoms with van der Waals surface area (Å²) < 4.78 is 40.7. The van der Waals surface area contributed by atoms with Crippen molar-refractivity contribution in [3.8, 4) is 5.82 Å². The zero-order valence-electron chi connectivity index (χ0n) is 23.0. The van der Waals surface area contributed by atoms with Crippen molar-refractivity contribution < 1.29 is 22.8 Å². The normalized spacial score (nSPS) is 12.6. The van der Waals surface area contributed by atoms with Gasteiger partial charge in [-0.25, -0.2) is 9.67 Å². The van der Waals surface area contributed by atoms with Crippen molar-refractivity contribution in [2.45, 2.75) is 59.3 Å². The van der Waals surface area contributed by atoms with E-state index in [9.17, 15) is 22.8 Å². The lowest BCUT2D eigenvalue weighted by atomic mass is 9.99. The summed E-state index contributed by atoms with van der Waals surface area (Å²) in [6, 6.07) is 7.86. The molecule has 15 heteroatoms. The highest BCUT2D eigenvalue weighted by Gasteiger charge is 2.36. The van der Waals surface area contributed by atoms with Crippen LogP contribution in [0.4, 0.5) is 18.9 Å². The predicted octanol–water partition coefficient (Wildman–Crippen LogP) is 5.36. The van der Waals surface area contributed by atoms with Crippen molar-refractivity contribution >= 4 is 34.9 Å². The molecule has 2 heterocycles. The molecule has 0 spiro atoms. The lowest BCUT2D eigenvalue weighted by Crippen LogP contribution is -2.41. The zero-order chi connectivity index (χ0) is 30.5. The highest BCUT2D eigenvalue weighted by Crippen LogP contribution is 2.27. The molecule has 0 aliphatic carbocycles. The fourth-order valence-corrected chi connectivity index (χ4v) is 3.95. The van der Waals surface area contributed by atoms with E-state index < -0.39 is 35.9 Å². The number of aromatic nitrogens is 3. The molecule has 2 aromatic heterocycles. The molecule has 0 bridgehead atoms. The van der Waals surface area contributed by atoms with Gasteiger partial charge in [0.1, 0.15) is 5.69 Å². The van der Waals surface area contributed by atoms with E-state index in [1.54, 1.807) is 19.1 Å². The molecule has 0 radical (unpaired) electrons. The van der Waals surface area contributed by atoms with Crippen molar-refractivity contribution in [2.24, 2.45) is 21.2 Å². The number of hydrogen-bond donors (Lipinski definition) is 3. The summed E-state index contributed by atoms with van der Waals surface area (Å²) in [5, 5.41) is 15.5. The van der Waals surface area contributed by atoms with Crippen LogP contribution < -0.4 is 16.5 Å². The number of nitrogens with two attached hydrogens (primary N) is 1. The third-order valence-electron chi connectivity index (χ3n) is 5.50. The number of rotatable bonds is 7. The van der Waals surface area contributed by atoms with E-state index >= 15 is 0 Å². The molecule has 0 saturated heterocycles. The van der Waals surface area contributed by atoms with Gasteiger partial charge in [-0.15, -0.1) is 5.11 Å². The fourth-order valence-electron chi connectivity index (χ4n) is 3.75. The molecule has 41 heavy (non-hydrogen) atoms. The average molecular weight is 592 g/mol. The summed E-state index contributed by atoms with van der Waals surface area (Å²) in [6.45, 7) is 8.57. The van der Waals surface area contributed by atoms with Crippen LogP contribution in [0.15, 0.2) is 51.9 Å². The minimum Gasteiger partial charge on any atom is -0.347 e. The molecule has 0 unspecified atom stereocenters. The maximum atomic E-state index is 13.7. The van der Waals surface area contributed by atoms with E-state index in [-0.39, 0.29) is 33.5 Å². The Labute approximate surface area is 239 Å². The van der Waals surface area contributed by atoms with Crippen molar-refractivity contribution in [1.29, 1.82) is 0 Å². The van der Waals surface area contributed by atoms with Gasteiger partial charge in [0.25, 0.3) is 17.6 Å². The molecule has 4 N–H and O–H groups in total. The molecule has 3 rings (SSSR count). The van der Waals surface area contributed by atoms with Gasteiger partial charge in [-0.05, 0) is 69.5 Å².